The van der Waals surface area contributed by atoms with Crippen molar-refractivity contribution in [1.82, 2.24) is 4.31 Å². The maximum absolute atomic E-state index is 13.4. The van der Waals surface area contributed by atoms with Crippen molar-refractivity contribution in [3.63, 3.8) is 0 Å². The first-order chi connectivity index (χ1) is 15.1. The van der Waals surface area contributed by atoms with Crippen molar-refractivity contribution < 1.29 is 26.4 Å². The van der Waals surface area contributed by atoms with Crippen LogP contribution in [0.15, 0.2) is 47.4 Å². The average molecular weight is 480 g/mol. The molecule has 172 valence electrons. The Bertz CT molecular complexity index is 1230. The zero-order valence-electron chi connectivity index (χ0n) is 17.9. The fourth-order valence-electron chi connectivity index (χ4n) is 3.98. The van der Waals surface area contributed by atoms with Crippen LogP contribution >= 0.6 is 0 Å². The summed E-state index contributed by atoms with van der Waals surface area (Å²) in [5, 5.41) is 0. The molecule has 32 heavy (non-hydrogen) atoms. The van der Waals surface area contributed by atoms with E-state index in [0.717, 1.165) is 11.4 Å². The number of hydrogen-bond acceptors (Lipinski definition) is 7. The first kappa shape index (κ1) is 22.6. The maximum Gasteiger partial charge on any atom is 0.243 e. The van der Waals surface area contributed by atoms with E-state index in [1.54, 1.807) is 14.0 Å². The van der Waals surface area contributed by atoms with Gasteiger partial charge in [-0.15, -0.1) is 0 Å². The van der Waals surface area contributed by atoms with Crippen molar-refractivity contribution in [2.24, 2.45) is 0 Å². The van der Waals surface area contributed by atoms with Gasteiger partial charge in [0.15, 0.2) is 0 Å². The molecular weight excluding hydrogens is 454 g/mol. The van der Waals surface area contributed by atoms with Crippen LogP contribution in [0.4, 0.5) is 11.4 Å². The second-order valence-corrected chi connectivity index (χ2v) is 11.6. The minimum absolute atomic E-state index is 0.0165. The maximum atomic E-state index is 13.4. The Morgan fingerprint density at radius 2 is 1.56 bits per heavy atom. The van der Waals surface area contributed by atoms with E-state index in [2.05, 4.69) is 4.90 Å². The molecule has 2 aromatic rings. The molecule has 2 aliphatic rings. The fraction of sp³-hybridized carbons (Fsp3) is 0.381. The molecule has 0 spiro atoms. The van der Waals surface area contributed by atoms with Gasteiger partial charge in [0.2, 0.25) is 26.0 Å². The number of sulfonamides is 2. The fourth-order valence-corrected chi connectivity index (χ4v) is 7.10. The molecule has 0 aliphatic carbocycles. The van der Waals surface area contributed by atoms with Crippen molar-refractivity contribution in [2.75, 3.05) is 48.2 Å². The number of benzene rings is 2. The molecule has 2 aromatic carbocycles. The number of carbonyl (C=O) groups excluding carboxylic acids is 1. The van der Waals surface area contributed by atoms with Crippen molar-refractivity contribution in [3.8, 4) is 5.75 Å². The normalized spacial score (nSPS) is 19.4. The van der Waals surface area contributed by atoms with Crippen LogP contribution in [0.25, 0.3) is 0 Å². The second-order valence-electron chi connectivity index (χ2n) is 7.76. The Balaban J connectivity index is 1.56. The summed E-state index contributed by atoms with van der Waals surface area (Å²) in [6.45, 7) is 3.27. The lowest BCUT2D eigenvalue weighted by atomic mass is 10.2. The molecule has 2 heterocycles. The predicted molar refractivity (Wildman–Crippen MR) is 121 cm³/mol. The minimum Gasteiger partial charge on any atom is -0.497 e. The summed E-state index contributed by atoms with van der Waals surface area (Å²) in [4.78, 5) is 14.2. The molecule has 0 saturated carbocycles. The van der Waals surface area contributed by atoms with Crippen molar-refractivity contribution in [2.45, 2.75) is 18.2 Å². The van der Waals surface area contributed by atoms with E-state index in [0.29, 0.717) is 36.0 Å². The molecule has 9 nitrogen and oxygen atoms in total. The highest BCUT2D eigenvalue weighted by atomic mass is 32.2. The number of piperazine rings is 1. The predicted octanol–water partition coefficient (Wildman–Crippen LogP) is 1.58. The van der Waals surface area contributed by atoms with Crippen molar-refractivity contribution in [1.29, 1.82) is 0 Å². The number of ether oxygens (including phenoxy) is 1. The van der Waals surface area contributed by atoms with Gasteiger partial charge in [-0.25, -0.2) is 21.1 Å². The number of methoxy groups -OCH3 is 1. The third kappa shape index (κ3) is 4.07. The third-order valence-corrected chi connectivity index (χ3v) is 9.51. The van der Waals surface area contributed by atoms with Crippen LogP contribution < -0.4 is 13.9 Å². The minimum atomic E-state index is -3.86. The topological polar surface area (TPSA) is 104 Å². The summed E-state index contributed by atoms with van der Waals surface area (Å²) < 4.78 is 58.6. The summed E-state index contributed by atoms with van der Waals surface area (Å²) >= 11 is 0. The van der Waals surface area contributed by atoms with E-state index >= 15 is 0 Å². The molecule has 0 radical (unpaired) electrons. The van der Waals surface area contributed by atoms with Crippen LogP contribution in [0.2, 0.25) is 0 Å². The van der Waals surface area contributed by atoms with Gasteiger partial charge in [0.05, 0.1) is 23.4 Å². The van der Waals surface area contributed by atoms with Gasteiger partial charge < -0.3 is 9.64 Å². The van der Waals surface area contributed by atoms with E-state index in [1.165, 1.54) is 22.5 Å². The molecule has 2 aliphatic heterocycles. The van der Waals surface area contributed by atoms with Crippen LogP contribution in [0.5, 0.6) is 5.75 Å². The van der Waals surface area contributed by atoms with Crippen LogP contribution in [-0.4, -0.2) is 66.1 Å². The third-order valence-electron chi connectivity index (χ3n) is 5.78. The van der Waals surface area contributed by atoms with E-state index < -0.39 is 26.0 Å². The number of hydrogen-bond donors (Lipinski definition) is 0. The SMILES string of the molecule is COc1ccc(N2CCN(S(=O)(=O)c3cc(N4C(=O)CCS4(=O)=O)ccc3C)CC2)cc1. The highest BCUT2D eigenvalue weighted by Gasteiger charge is 2.37. The average Bonchev–Trinajstić information content (AvgIpc) is 3.06. The first-order valence-electron chi connectivity index (χ1n) is 10.2. The number of amides is 1. The molecule has 1 amide bonds. The van der Waals surface area contributed by atoms with Crippen molar-refractivity contribution in [3.05, 3.63) is 48.0 Å². The largest absolute Gasteiger partial charge is 0.497 e. The zero-order valence-corrected chi connectivity index (χ0v) is 19.5. The Hall–Kier alpha value is -2.63. The Labute approximate surface area is 188 Å². The Morgan fingerprint density at radius 3 is 2.12 bits per heavy atom. The van der Waals surface area contributed by atoms with Gasteiger partial charge in [-0.1, -0.05) is 6.07 Å². The number of anilines is 2. The van der Waals surface area contributed by atoms with Crippen molar-refractivity contribution >= 4 is 37.3 Å². The standard InChI is InChI=1S/C21H25N3O6S2/c1-16-3-4-18(24-21(25)9-14-31(24,26)27)15-20(16)32(28,29)23-12-10-22(11-13-23)17-5-7-19(30-2)8-6-17/h3-8,15H,9-14H2,1-2H3. The Morgan fingerprint density at radius 1 is 0.938 bits per heavy atom. The quantitative estimate of drug-likeness (QED) is 0.641. The van der Waals surface area contributed by atoms with Crippen LogP contribution in [-0.2, 0) is 24.8 Å². The molecule has 0 unspecified atom stereocenters. The number of aryl methyl sites for hydroxylation is 1. The molecular formula is C21H25N3O6S2. The lowest BCUT2D eigenvalue weighted by molar-refractivity contribution is -0.116. The summed E-state index contributed by atoms with van der Waals surface area (Å²) in [5.74, 6) is -0.0658. The van der Waals surface area contributed by atoms with Gasteiger partial charge in [-0.2, -0.15) is 4.31 Å². The van der Waals surface area contributed by atoms with Crippen LogP contribution in [0.1, 0.15) is 12.0 Å². The monoisotopic (exact) mass is 479 g/mol. The number of carbonyl (C=O) groups is 1. The van der Waals surface area contributed by atoms with Gasteiger partial charge in [-0.05, 0) is 48.9 Å². The molecule has 0 atom stereocenters. The summed E-state index contributed by atoms with van der Waals surface area (Å²) in [5.41, 5.74) is 1.54. The van der Waals surface area contributed by atoms with Gasteiger partial charge in [-0.3, -0.25) is 4.79 Å². The number of nitrogens with zero attached hydrogens (tertiary/aromatic N) is 3. The first-order valence-corrected chi connectivity index (χ1v) is 13.2. The lowest BCUT2D eigenvalue weighted by Gasteiger charge is -2.35. The summed E-state index contributed by atoms with van der Waals surface area (Å²) in [6, 6.07) is 11.9. The Kier molecular flexibility index (Phi) is 5.91. The number of rotatable bonds is 5. The van der Waals surface area contributed by atoms with E-state index in [9.17, 15) is 21.6 Å². The molecule has 4 rings (SSSR count). The highest BCUT2D eigenvalue weighted by molar-refractivity contribution is 7.94. The molecule has 2 fully saturated rings. The van der Waals surface area contributed by atoms with E-state index in [4.69, 9.17) is 4.74 Å². The zero-order chi connectivity index (χ0) is 23.1. The molecule has 11 heteroatoms. The van der Waals surface area contributed by atoms with Gasteiger partial charge in [0.1, 0.15) is 5.75 Å². The van der Waals surface area contributed by atoms with Gasteiger partial charge in [0, 0.05) is 38.3 Å². The molecule has 0 N–H and O–H groups in total. The van der Waals surface area contributed by atoms with E-state index in [-0.39, 0.29) is 22.8 Å². The molecule has 2 saturated heterocycles. The lowest BCUT2D eigenvalue weighted by Crippen LogP contribution is -2.48. The summed E-state index contributed by atoms with van der Waals surface area (Å²) in [6.07, 6.45) is -0.106. The second kappa shape index (κ2) is 8.38. The molecule has 0 bridgehead atoms. The van der Waals surface area contributed by atoms with Crippen LogP contribution in [0, 0.1) is 6.92 Å². The van der Waals surface area contributed by atoms with Gasteiger partial charge in [0.25, 0.3) is 0 Å². The highest BCUT2D eigenvalue weighted by Crippen LogP contribution is 2.31. The van der Waals surface area contributed by atoms with Gasteiger partial charge >= 0.3 is 0 Å². The van der Waals surface area contributed by atoms with E-state index in [1.807, 2.05) is 24.3 Å². The molecule has 0 aromatic heterocycles. The summed E-state index contributed by atoms with van der Waals surface area (Å²) in [7, 11) is -6.03. The smallest absolute Gasteiger partial charge is 0.243 e. The van der Waals surface area contributed by atoms with Crippen LogP contribution in [0.3, 0.4) is 0 Å².